The first kappa shape index (κ1) is 11.3. The standard InChI is InChI=1S/C11H12N4O2/c1-7(2)9(16)13-11-15-14-10(17-11)8-5-3-4-6-12-8/h3-7H,1-2H3,(H,13,15,16). The highest BCUT2D eigenvalue weighted by Gasteiger charge is 2.13. The van der Waals surface area contributed by atoms with Gasteiger partial charge in [-0.25, -0.2) is 0 Å². The number of carbonyl (C=O) groups excluding carboxylic acids is 1. The molecule has 0 aliphatic carbocycles. The number of carbonyl (C=O) groups is 1. The van der Waals surface area contributed by atoms with Crippen LogP contribution in [0.1, 0.15) is 13.8 Å². The average molecular weight is 232 g/mol. The van der Waals surface area contributed by atoms with Crippen LogP contribution in [0.2, 0.25) is 0 Å². The van der Waals surface area contributed by atoms with E-state index >= 15 is 0 Å². The Kier molecular flexibility index (Phi) is 3.13. The van der Waals surface area contributed by atoms with E-state index in [2.05, 4.69) is 20.5 Å². The third-order valence-electron chi connectivity index (χ3n) is 2.06. The van der Waals surface area contributed by atoms with Crippen LogP contribution < -0.4 is 5.32 Å². The van der Waals surface area contributed by atoms with Crippen molar-refractivity contribution in [1.29, 1.82) is 0 Å². The number of rotatable bonds is 3. The average Bonchev–Trinajstić information content (AvgIpc) is 2.78. The topological polar surface area (TPSA) is 80.9 Å². The summed E-state index contributed by atoms with van der Waals surface area (Å²) in [5, 5.41) is 10.1. The third kappa shape index (κ3) is 2.66. The van der Waals surface area contributed by atoms with Crippen LogP contribution in [0.15, 0.2) is 28.8 Å². The Morgan fingerprint density at radius 1 is 1.35 bits per heavy atom. The van der Waals surface area contributed by atoms with Crippen LogP contribution in [-0.4, -0.2) is 21.1 Å². The smallest absolute Gasteiger partial charge is 0.322 e. The van der Waals surface area contributed by atoms with Crippen LogP contribution in [-0.2, 0) is 4.79 Å². The molecule has 88 valence electrons. The van der Waals surface area contributed by atoms with E-state index in [-0.39, 0.29) is 23.7 Å². The second-order valence-corrected chi connectivity index (χ2v) is 3.77. The van der Waals surface area contributed by atoms with E-state index in [0.717, 1.165) is 0 Å². The number of aromatic nitrogens is 3. The van der Waals surface area contributed by atoms with E-state index in [0.29, 0.717) is 5.69 Å². The third-order valence-corrected chi connectivity index (χ3v) is 2.06. The van der Waals surface area contributed by atoms with Crippen LogP contribution in [0.25, 0.3) is 11.6 Å². The lowest BCUT2D eigenvalue weighted by Gasteiger charge is -2.01. The predicted molar refractivity (Wildman–Crippen MR) is 61.0 cm³/mol. The first-order chi connectivity index (χ1) is 8.16. The molecular formula is C11H12N4O2. The largest absolute Gasteiger partial charge is 0.401 e. The summed E-state index contributed by atoms with van der Waals surface area (Å²) in [6.07, 6.45) is 1.63. The molecule has 0 aromatic carbocycles. The van der Waals surface area contributed by atoms with E-state index in [1.807, 2.05) is 6.07 Å². The van der Waals surface area contributed by atoms with E-state index in [9.17, 15) is 4.79 Å². The van der Waals surface area contributed by atoms with Gasteiger partial charge in [-0.2, -0.15) is 0 Å². The molecule has 1 amide bonds. The molecule has 0 fully saturated rings. The Morgan fingerprint density at radius 2 is 2.18 bits per heavy atom. The van der Waals surface area contributed by atoms with Gasteiger partial charge in [0.2, 0.25) is 5.91 Å². The zero-order valence-electron chi connectivity index (χ0n) is 9.54. The molecule has 0 bridgehead atoms. The quantitative estimate of drug-likeness (QED) is 0.871. The molecule has 17 heavy (non-hydrogen) atoms. The maximum absolute atomic E-state index is 11.4. The molecule has 2 heterocycles. The Balaban J connectivity index is 2.14. The van der Waals surface area contributed by atoms with E-state index in [4.69, 9.17) is 4.42 Å². The normalized spacial score (nSPS) is 10.5. The highest BCUT2D eigenvalue weighted by molar-refractivity contribution is 5.90. The molecular weight excluding hydrogens is 220 g/mol. The molecule has 6 heteroatoms. The molecule has 0 saturated carbocycles. The van der Waals surface area contributed by atoms with Gasteiger partial charge in [0.25, 0.3) is 5.89 Å². The number of nitrogens with zero attached hydrogens (tertiary/aromatic N) is 3. The Hall–Kier alpha value is -2.24. The maximum atomic E-state index is 11.4. The fourth-order valence-corrected chi connectivity index (χ4v) is 1.12. The predicted octanol–water partition coefficient (Wildman–Crippen LogP) is 1.73. The van der Waals surface area contributed by atoms with Gasteiger partial charge in [0, 0.05) is 12.1 Å². The van der Waals surface area contributed by atoms with E-state index in [1.165, 1.54) is 0 Å². The summed E-state index contributed by atoms with van der Waals surface area (Å²) in [5.74, 6) is -0.0222. The molecule has 0 spiro atoms. The minimum Gasteiger partial charge on any atom is -0.401 e. The van der Waals surface area contributed by atoms with Crippen LogP contribution >= 0.6 is 0 Å². The Bertz CT molecular complexity index is 507. The molecule has 0 atom stereocenters. The zero-order valence-corrected chi connectivity index (χ0v) is 9.54. The van der Waals surface area contributed by atoms with Crippen molar-refractivity contribution in [2.24, 2.45) is 5.92 Å². The Labute approximate surface area is 98.1 Å². The number of hydrogen-bond donors (Lipinski definition) is 1. The minimum atomic E-state index is -0.166. The van der Waals surface area contributed by atoms with Crippen molar-refractivity contribution in [2.75, 3.05) is 5.32 Å². The Morgan fingerprint density at radius 3 is 2.82 bits per heavy atom. The van der Waals surface area contributed by atoms with Crippen LogP contribution in [0.4, 0.5) is 6.01 Å². The minimum absolute atomic E-state index is 0.0874. The van der Waals surface area contributed by atoms with Crippen molar-refractivity contribution >= 4 is 11.9 Å². The van der Waals surface area contributed by atoms with Crippen LogP contribution in [0.3, 0.4) is 0 Å². The SMILES string of the molecule is CC(C)C(=O)Nc1nnc(-c2ccccn2)o1. The molecule has 6 nitrogen and oxygen atoms in total. The lowest BCUT2D eigenvalue weighted by molar-refractivity contribution is -0.119. The van der Waals surface area contributed by atoms with Gasteiger partial charge >= 0.3 is 6.01 Å². The van der Waals surface area contributed by atoms with Gasteiger partial charge in [0.05, 0.1) is 0 Å². The van der Waals surface area contributed by atoms with Gasteiger partial charge in [0.15, 0.2) is 0 Å². The zero-order chi connectivity index (χ0) is 12.3. The van der Waals surface area contributed by atoms with Crippen molar-refractivity contribution in [1.82, 2.24) is 15.2 Å². The molecule has 0 aliphatic heterocycles. The maximum Gasteiger partial charge on any atom is 0.322 e. The summed E-state index contributed by atoms with van der Waals surface area (Å²) in [6, 6.07) is 5.45. The first-order valence-electron chi connectivity index (χ1n) is 5.22. The summed E-state index contributed by atoms with van der Waals surface area (Å²) in [6.45, 7) is 3.57. The van der Waals surface area contributed by atoms with Crippen LogP contribution in [0, 0.1) is 5.92 Å². The fourth-order valence-electron chi connectivity index (χ4n) is 1.12. The van der Waals surface area contributed by atoms with Gasteiger partial charge in [-0.05, 0) is 12.1 Å². The number of amides is 1. The van der Waals surface area contributed by atoms with Crippen molar-refractivity contribution < 1.29 is 9.21 Å². The van der Waals surface area contributed by atoms with Gasteiger partial charge < -0.3 is 4.42 Å². The molecule has 0 saturated heterocycles. The monoisotopic (exact) mass is 232 g/mol. The number of hydrogen-bond acceptors (Lipinski definition) is 5. The molecule has 0 aliphatic rings. The second-order valence-electron chi connectivity index (χ2n) is 3.77. The molecule has 0 radical (unpaired) electrons. The van der Waals surface area contributed by atoms with E-state index in [1.54, 1.807) is 32.2 Å². The fraction of sp³-hybridized carbons (Fsp3) is 0.273. The first-order valence-corrected chi connectivity index (χ1v) is 5.22. The van der Waals surface area contributed by atoms with Crippen molar-refractivity contribution in [2.45, 2.75) is 13.8 Å². The summed E-state index contributed by atoms with van der Waals surface area (Å²) < 4.78 is 5.27. The molecule has 2 aromatic rings. The molecule has 2 aromatic heterocycles. The molecule has 1 N–H and O–H groups in total. The summed E-state index contributed by atoms with van der Waals surface area (Å²) in [4.78, 5) is 15.5. The van der Waals surface area contributed by atoms with Gasteiger partial charge in [-0.3, -0.25) is 15.1 Å². The number of anilines is 1. The summed E-state index contributed by atoms with van der Waals surface area (Å²) in [5.41, 5.74) is 0.574. The van der Waals surface area contributed by atoms with E-state index < -0.39 is 0 Å². The highest BCUT2D eigenvalue weighted by atomic mass is 16.4. The highest BCUT2D eigenvalue weighted by Crippen LogP contribution is 2.17. The van der Waals surface area contributed by atoms with Gasteiger partial charge in [0.1, 0.15) is 5.69 Å². The van der Waals surface area contributed by atoms with Crippen molar-refractivity contribution in [3.05, 3.63) is 24.4 Å². The summed E-state index contributed by atoms with van der Waals surface area (Å²) >= 11 is 0. The molecule has 2 rings (SSSR count). The lowest BCUT2D eigenvalue weighted by Crippen LogP contribution is -2.17. The number of nitrogens with one attached hydrogen (secondary N) is 1. The van der Waals surface area contributed by atoms with Gasteiger partial charge in [-0.1, -0.05) is 25.0 Å². The number of pyridine rings is 1. The summed E-state index contributed by atoms with van der Waals surface area (Å²) in [7, 11) is 0. The van der Waals surface area contributed by atoms with Crippen LogP contribution in [0.5, 0.6) is 0 Å². The second kappa shape index (κ2) is 4.73. The van der Waals surface area contributed by atoms with Gasteiger partial charge in [-0.15, -0.1) is 5.10 Å². The lowest BCUT2D eigenvalue weighted by atomic mass is 10.2. The molecule has 0 unspecified atom stereocenters. The van der Waals surface area contributed by atoms with Crippen molar-refractivity contribution in [3.63, 3.8) is 0 Å². The van der Waals surface area contributed by atoms with Crippen molar-refractivity contribution in [3.8, 4) is 11.6 Å².